The molecule has 3 aromatic rings. The van der Waals surface area contributed by atoms with Crippen molar-refractivity contribution in [3.05, 3.63) is 53.9 Å². The predicted molar refractivity (Wildman–Crippen MR) is 123 cm³/mol. The molecule has 7 heteroatoms. The van der Waals surface area contributed by atoms with Crippen LogP contribution in [0, 0.1) is 0 Å². The van der Waals surface area contributed by atoms with Crippen molar-refractivity contribution in [3.63, 3.8) is 0 Å². The summed E-state index contributed by atoms with van der Waals surface area (Å²) in [5.74, 6) is 0.238. The highest BCUT2D eigenvalue weighted by molar-refractivity contribution is 7.13. The highest BCUT2D eigenvalue weighted by Gasteiger charge is 2.34. The van der Waals surface area contributed by atoms with E-state index in [-0.39, 0.29) is 18.4 Å². The average Bonchev–Trinajstić information content (AvgIpc) is 3.30. The number of anilines is 1. The second-order valence-corrected chi connectivity index (χ2v) is 8.23. The van der Waals surface area contributed by atoms with Crippen molar-refractivity contribution in [3.8, 4) is 27.6 Å². The Bertz CT molecular complexity index is 1080. The molecule has 1 atom stereocenters. The molecule has 0 aliphatic carbocycles. The molecule has 1 aliphatic rings. The van der Waals surface area contributed by atoms with Gasteiger partial charge >= 0.3 is 0 Å². The summed E-state index contributed by atoms with van der Waals surface area (Å²) < 4.78 is 5.91. The summed E-state index contributed by atoms with van der Waals surface area (Å²) in [6, 6.07) is 15.7. The van der Waals surface area contributed by atoms with E-state index in [0.29, 0.717) is 24.4 Å². The number of nitrogens with zero attached hydrogens (tertiary/aromatic N) is 2. The molecule has 0 saturated heterocycles. The summed E-state index contributed by atoms with van der Waals surface area (Å²) in [6.07, 6.45) is 0.801. The van der Waals surface area contributed by atoms with E-state index in [0.717, 1.165) is 28.2 Å². The van der Waals surface area contributed by atoms with E-state index in [1.807, 2.05) is 67.8 Å². The molecule has 6 nitrogen and oxygen atoms in total. The minimum absolute atomic E-state index is 0.0263. The van der Waals surface area contributed by atoms with Crippen LogP contribution in [-0.2, 0) is 9.59 Å². The first-order valence-electron chi connectivity index (χ1n) is 10.5. The number of carbonyl (C=O) groups is 2. The van der Waals surface area contributed by atoms with Crippen LogP contribution < -0.4 is 15.0 Å². The van der Waals surface area contributed by atoms with Gasteiger partial charge in [-0.3, -0.25) is 14.5 Å². The van der Waals surface area contributed by atoms with Gasteiger partial charge in [-0.2, -0.15) is 0 Å². The van der Waals surface area contributed by atoms with Crippen molar-refractivity contribution in [1.29, 1.82) is 0 Å². The highest BCUT2D eigenvalue weighted by atomic mass is 32.1. The van der Waals surface area contributed by atoms with Crippen LogP contribution in [-0.4, -0.2) is 36.0 Å². The van der Waals surface area contributed by atoms with Gasteiger partial charge in [0.25, 0.3) is 5.91 Å². The summed E-state index contributed by atoms with van der Waals surface area (Å²) >= 11 is 1.57. The molecule has 0 fully saturated rings. The van der Waals surface area contributed by atoms with Crippen molar-refractivity contribution in [2.75, 3.05) is 18.0 Å². The maximum absolute atomic E-state index is 13.0. The van der Waals surface area contributed by atoms with Crippen LogP contribution in [0.1, 0.15) is 26.7 Å². The minimum atomic E-state index is -0.582. The van der Waals surface area contributed by atoms with Crippen LogP contribution in [0.15, 0.2) is 53.9 Å². The molecule has 0 saturated carbocycles. The number of hydrogen-bond donors (Lipinski definition) is 1. The van der Waals surface area contributed by atoms with Crippen LogP contribution in [0.3, 0.4) is 0 Å². The summed E-state index contributed by atoms with van der Waals surface area (Å²) in [7, 11) is 0. The van der Waals surface area contributed by atoms with Gasteiger partial charge in [0.2, 0.25) is 5.91 Å². The number of amides is 2. The molecule has 1 unspecified atom stereocenters. The van der Waals surface area contributed by atoms with Gasteiger partial charge in [0.1, 0.15) is 17.3 Å². The van der Waals surface area contributed by atoms with Crippen LogP contribution in [0.2, 0.25) is 0 Å². The fourth-order valence-electron chi connectivity index (χ4n) is 3.49. The van der Waals surface area contributed by atoms with Gasteiger partial charge in [-0.25, -0.2) is 4.98 Å². The summed E-state index contributed by atoms with van der Waals surface area (Å²) in [5.41, 5.74) is 3.37. The van der Waals surface area contributed by atoms with Crippen molar-refractivity contribution >= 4 is 28.8 Å². The lowest BCUT2D eigenvalue weighted by Crippen LogP contribution is -2.49. The molecule has 1 N–H and O–H groups in total. The van der Waals surface area contributed by atoms with E-state index in [2.05, 4.69) is 5.32 Å². The van der Waals surface area contributed by atoms with E-state index in [4.69, 9.17) is 9.72 Å². The first-order valence-corrected chi connectivity index (χ1v) is 11.4. The monoisotopic (exact) mass is 435 g/mol. The van der Waals surface area contributed by atoms with Gasteiger partial charge in [0.05, 0.1) is 11.4 Å². The molecule has 2 amide bonds. The Morgan fingerprint density at radius 3 is 2.71 bits per heavy atom. The molecule has 160 valence electrons. The minimum Gasteiger partial charge on any atom is -0.478 e. The van der Waals surface area contributed by atoms with Crippen LogP contribution in [0.25, 0.3) is 21.8 Å². The zero-order valence-electron chi connectivity index (χ0n) is 17.6. The number of rotatable bonds is 7. The third-order valence-electron chi connectivity index (χ3n) is 5.13. The molecular formula is C24H25N3O3S. The first-order chi connectivity index (χ1) is 15.1. The Kier molecular flexibility index (Phi) is 6.32. The standard InChI is InChI=1S/C24H25N3O3S/c1-3-12-25-22(28)14-27-19-13-17(10-11-21(19)30-20(4-2)24(27)29)18-15-31-23(26-18)16-8-6-5-7-9-16/h5-11,13,15,20H,3-4,12,14H2,1-2H3,(H,25,28). The molecule has 0 spiro atoms. The Labute approximate surface area is 185 Å². The van der Waals surface area contributed by atoms with Gasteiger partial charge < -0.3 is 10.1 Å². The van der Waals surface area contributed by atoms with Crippen molar-refractivity contribution in [1.82, 2.24) is 10.3 Å². The van der Waals surface area contributed by atoms with E-state index in [1.54, 1.807) is 11.3 Å². The number of carbonyl (C=O) groups excluding carboxylic acids is 2. The van der Waals surface area contributed by atoms with Crippen molar-refractivity contribution in [2.45, 2.75) is 32.8 Å². The van der Waals surface area contributed by atoms with Crippen LogP contribution >= 0.6 is 11.3 Å². The lowest BCUT2D eigenvalue weighted by atomic mass is 10.1. The van der Waals surface area contributed by atoms with Gasteiger partial charge in [-0.1, -0.05) is 44.2 Å². The summed E-state index contributed by atoms with van der Waals surface area (Å²) in [4.78, 5) is 31.7. The molecule has 2 heterocycles. The largest absolute Gasteiger partial charge is 0.478 e. The van der Waals surface area contributed by atoms with E-state index in [1.165, 1.54) is 4.90 Å². The predicted octanol–water partition coefficient (Wildman–Crippen LogP) is 4.51. The zero-order valence-corrected chi connectivity index (χ0v) is 18.4. The fraction of sp³-hybridized carbons (Fsp3) is 0.292. The van der Waals surface area contributed by atoms with Crippen molar-refractivity contribution in [2.24, 2.45) is 0 Å². The third-order valence-corrected chi connectivity index (χ3v) is 6.02. The van der Waals surface area contributed by atoms with Gasteiger partial charge in [0.15, 0.2) is 6.10 Å². The Balaban J connectivity index is 1.66. The molecule has 1 aromatic heterocycles. The molecular weight excluding hydrogens is 410 g/mol. The number of aromatic nitrogens is 1. The van der Waals surface area contributed by atoms with Gasteiger partial charge in [-0.05, 0) is 31.0 Å². The Morgan fingerprint density at radius 1 is 1.16 bits per heavy atom. The maximum atomic E-state index is 13.0. The lowest BCUT2D eigenvalue weighted by Gasteiger charge is -2.34. The summed E-state index contributed by atoms with van der Waals surface area (Å²) in [5, 5.41) is 5.78. The number of fused-ring (bicyclic) bond motifs is 1. The molecule has 4 rings (SSSR count). The quantitative estimate of drug-likeness (QED) is 0.593. The summed E-state index contributed by atoms with van der Waals surface area (Å²) in [6.45, 7) is 4.45. The maximum Gasteiger partial charge on any atom is 0.268 e. The molecule has 0 radical (unpaired) electrons. The zero-order chi connectivity index (χ0) is 21.8. The van der Waals surface area contributed by atoms with Crippen molar-refractivity contribution < 1.29 is 14.3 Å². The number of benzene rings is 2. The van der Waals surface area contributed by atoms with Gasteiger partial charge in [0, 0.05) is 23.1 Å². The topological polar surface area (TPSA) is 71.5 Å². The van der Waals surface area contributed by atoms with E-state index >= 15 is 0 Å². The Morgan fingerprint density at radius 2 is 1.97 bits per heavy atom. The average molecular weight is 436 g/mol. The second-order valence-electron chi connectivity index (χ2n) is 7.38. The number of thiazole rings is 1. The normalized spacial score (nSPS) is 15.4. The first kappa shape index (κ1) is 21.1. The van der Waals surface area contributed by atoms with Gasteiger partial charge in [-0.15, -0.1) is 11.3 Å². The fourth-order valence-corrected chi connectivity index (χ4v) is 4.32. The third kappa shape index (κ3) is 4.46. The smallest absolute Gasteiger partial charge is 0.268 e. The highest BCUT2D eigenvalue weighted by Crippen LogP contribution is 2.39. The Hall–Kier alpha value is -3.19. The van der Waals surface area contributed by atoms with Crippen LogP contribution in [0.5, 0.6) is 5.75 Å². The number of ether oxygens (including phenoxy) is 1. The number of hydrogen-bond acceptors (Lipinski definition) is 5. The van der Waals surface area contributed by atoms with E-state index in [9.17, 15) is 9.59 Å². The molecule has 2 aromatic carbocycles. The number of nitrogens with one attached hydrogen (secondary N) is 1. The lowest BCUT2D eigenvalue weighted by molar-refractivity contribution is -0.129. The van der Waals surface area contributed by atoms with Crippen LogP contribution in [0.4, 0.5) is 5.69 Å². The molecule has 1 aliphatic heterocycles. The molecule has 31 heavy (non-hydrogen) atoms. The SMILES string of the molecule is CCCNC(=O)CN1C(=O)C(CC)Oc2ccc(-c3csc(-c4ccccc4)n3)cc21. The van der Waals surface area contributed by atoms with E-state index < -0.39 is 6.10 Å². The molecule has 0 bridgehead atoms. The second kappa shape index (κ2) is 9.31.